The van der Waals surface area contributed by atoms with E-state index in [1.54, 1.807) is 6.08 Å². The fourth-order valence-corrected chi connectivity index (χ4v) is 3.66. The first-order valence-electron chi connectivity index (χ1n) is 8.03. The highest BCUT2D eigenvalue weighted by molar-refractivity contribution is 8.18. The highest BCUT2D eigenvalue weighted by Crippen LogP contribution is 2.34. The van der Waals surface area contributed by atoms with E-state index >= 15 is 0 Å². The fourth-order valence-electron chi connectivity index (χ4n) is 2.74. The number of hydrogen-bond acceptors (Lipinski definition) is 3. The summed E-state index contributed by atoms with van der Waals surface area (Å²) >= 11 is 1.02. The molecule has 0 N–H and O–H groups in total. The van der Waals surface area contributed by atoms with E-state index in [1.807, 2.05) is 54.9 Å². The fraction of sp³-hybridized carbons (Fsp3) is 0.263. The standard InChI is InChI=1S/C19H20N2O2S/c1-4-14(3)21-18(22)17(24-19(21)23)12-15-9-7-11-20(15)16-10-6-5-8-13(16)2/h5-12,14H,4H2,1-3H3/b17-12+. The van der Waals surface area contributed by atoms with Crippen LogP contribution in [0.5, 0.6) is 0 Å². The van der Waals surface area contributed by atoms with Crippen LogP contribution in [-0.4, -0.2) is 26.7 Å². The molecule has 1 fully saturated rings. The summed E-state index contributed by atoms with van der Waals surface area (Å²) in [6.07, 6.45) is 4.53. The van der Waals surface area contributed by atoms with Crippen LogP contribution in [0.15, 0.2) is 47.5 Å². The number of benzene rings is 1. The highest BCUT2D eigenvalue weighted by Gasteiger charge is 2.37. The van der Waals surface area contributed by atoms with Crippen molar-refractivity contribution in [3.63, 3.8) is 0 Å². The minimum absolute atomic E-state index is 0.0773. The van der Waals surface area contributed by atoms with Crippen LogP contribution in [-0.2, 0) is 4.79 Å². The molecule has 0 spiro atoms. The number of aromatic nitrogens is 1. The van der Waals surface area contributed by atoms with Crippen LogP contribution in [0, 0.1) is 6.92 Å². The molecule has 24 heavy (non-hydrogen) atoms. The van der Waals surface area contributed by atoms with Gasteiger partial charge in [0.2, 0.25) is 0 Å². The lowest BCUT2D eigenvalue weighted by Gasteiger charge is -2.19. The van der Waals surface area contributed by atoms with Gasteiger partial charge in [-0.25, -0.2) is 0 Å². The van der Waals surface area contributed by atoms with Crippen molar-refractivity contribution in [2.45, 2.75) is 33.2 Å². The molecule has 4 nitrogen and oxygen atoms in total. The van der Waals surface area contributed by atoms with E-state index in [9.17, 15) is 9.59 Å². The second kappa shape index (κ2) is 6.69. The monoisotopic (exact) mass is 340 g/mol. The van der Waals surface area contributed by atoms with Crippen molar-refractivity contribution < 1.29 is 9.59 Å². The van der Waals surface area contributed by atoms with Gasteiger partial charge in [-0.15, -0.1) is 0 Å². The van der Waals surface area contributed by atoms with Crippen molar-refractivity contribution in [1.29, 1.82) is 0 Å². The predicted molar refractivity (Wildman–Crippen MR) is 98.1 cm³/mol. The average Bonchev–Trinajstić information content (AvgIpc) is 3.12. The van der Waals surface area contributed by atoms with Crippen molar-refractivity contribution in [3.05, 3.63) is 58.8 Å². The van der Waals surface area contributed by atoms with Gasteiger partial charge in [-0.05, 0) is 61.9 Å². The topological polar surface area (TPSA) is 42.3 Å². The highest BCUT2D eigenvalue weighted by atomic mass is 32.2. The SMILES string of the molecule is CCC(C)N1C(=O)S/C(=C/c2cccn2-c2ccccc2C)C1=O. The molecule has 2 amide bonds. The molecule has 5 heteroatoms. The van der Waals surface area contributed by atoms with Crippen LogP contribution >= 0.6 is 11.8 Å². The molecule has 2 heterocycles. The van der Waals surface area contributed by atoms with E-state index in [4.69, 9.17) is 0 Å². The van der Waals surface area contributed by atoms with Gasteiger partial charge in [0, 0.05) is 23.6 Å². The lowest BCUT2D eigenvalue weighted by Crippen LogP contribution is -2.36. The summed E-state index contributed by atoms with van der Waals surface area (Å²) < 4.78 is 2.03. The van der Waals surface area contributed by atoms with Crippen LogP contribution in [0.25, 0.3) is 11.8 Å². The molecule has 1 aromatic carbocycles. The molecule has 0 bridgehead atoms. The third-order valence-electron chi connectivity index (χ3n) is 4.29. The molecule has 1 unspecified atom stereocenters. The molecular weight excluding hydrogens is 320 g/mol. The van der Waals surface area contributed by atoms with Crippen molar-refractivity contribution >= 4 is 29.0 Å². The molecule has 1 atom stereocenters. The number of aryl methyl sites for hydroxylation is 1. The maximum absolute atomic E-state index is 12.6. The lowest BCUT2D eigenvalue weighted by atomic mass is 10.2. The summed E-state index contributed by atoms with van der Waals surface area (Å²) in [5.41, 5.74) is 3.10. The summed E-state index contributed by atoms with van der Waals surface area (Å²) in [6.45, 7) is 5.92. The first kappa shape index (κ1) is 16.6. The zero-order chi connectivity index (χ0) is 17.3. The smallest absolute Gasteiger partial charge is 0.293 e. The van der Waals surface area contributed by atoms with Crippen molar-refractivity contribution in [2.24, 2.45) is 0 Å². The van der Waals surface area contributed by atoms with E-state index in [0.29, 0.717) is 4.91 Å². The predicted octanol–water partition coefficient (Wildman–Crippen LogP) is 4.62. The van der Waals surface area contributed by atoms with Gasteiger partial charge < -0.3 is 4.57 Å². The van der Waals surface area contributed by atoms with Crippen molar-refractivity contribution in [1.82, 2.24) is 9.47 Å². The molecular formula is C19H20N2O2S. The largest absolute Gasteiger partial charge is 0.317 e. The average molecular weight is 340 g/mol. The summed E-state index contributed by atoms with van der Waals surface area (Å²) in [5.74, 6) is -0.197. The zero-order valence-corrected chi connectivity index (χ0v) is 14.8. The first-order chi connectivity index (χ1) is 11.5. The Bertz CT molecular complexity index is 822. The maximum Gasteiger partial charge on any atom is 0.293 e. The Balaban J connectivity index is 1.97. The number of para-hydroxylation sites is 1. The molecule has 0 radical (unpaired) electrons. The summed E-state index contributed by atoms with van der Waals surface area (Å²) in [5, 5.41) is -0.186. The van der Waals surface area contributed by atoms with Gasteiger partial charge in [0.05, 0.1) is 4.91 Å². The maximum atomic E-state index is 12.6. The van der Waals surface area contributed by atoms with E-state index < -0.39 is 0 Å². The van der Waals surface area contributed by atoms with Crippen LogP contribution in [0.2, 0.25) is 0 Å². The van der Waals surface area contributed by atoms with E-state index in [2.05, 4.69) is 13.0 Å². The number of rotatable bonds is 4. The number of thioether (sulfide) groups is 1. The molecule has 124 valence electrons. The molecule has 0 saturated carbocycles. The summed E-state index contributed by atoms with van der Waals surface area (Å²) in [7, 11) is 0. The normalized spacial score (nSPS) is 17.8. The molecule has 1 aromatic heterocycles. The number of imide groups is 1. The third kappa shape index (κ3) is 2.91. The van der Waals surface area contributed by atoms with Crippen LogP contribution in [0.3, 0.4) is 0 Å². The number of carbonyl (C=O) groups excluding carboxylic acids is 2. The van der Waals surface area contributed by atoms with Gasteiger partial charge in [0.15, 0.2) is 0 Å². The van der Waals surface area contributed by atoms with Gasteiger partial charge in [0.1, 0.15) is 0 Å². The van der Waals surface area contributed by atoms with Gasteiger partial charge in [0.25, 0.3) is 11.1 Å². The second-order valence-electron chi connectivity index (χ2n) is 5.90. The van der Waals surface area contributed by atoms with E-state index in [1.165, 1.54) is 4.90 Å². The van der Waals surface area contributed by atoms with Crippen molar-refractivity contribution in [2.75, 3.05) is 0 Å². The molecule has 3 rings (SSSR count). The Labute approximate surface area is 146 Å². The quantitative estimate of drug-likeness (QED) is 0.763. The Morgan fingerprint density at radius 1 is 1.17 bits per heavy atom. The van der Waals surface area contributed by atoms with Gasteiger partial charge >= 0.3 is 0 Å². The van der Waals surface area contributed by atoms with Crippen LogP contribution < -0.4 is 0 Å². The minimum Gasteiger partial charge on any atom is -0.317 e. The van der Waals surface area contributed by atoms with Gasteiger partial charge in [-0.2, -0.15) is 0 Å². The van der Waals surface area contributed by atoms with Gasteiger partial charge in [-0.3, -0.25) is 14.5 Å². The van der Waals surface area contributed by atoms with Crippen molar-refractivity contribution in [3.8, 4) is 5.69 Å². The first-order valence-corrected chi connectivity index (χ1v) is 8.85. The number of hydrogen-bond donors (Lipinski definition) is 0. The second-order valence-corrected chi connectivity index (χ2v) is 6.89. The minimum atomic E-state index is -0.197. The Morgan fingerprint density at radius 2 is 1.92 bits per heavy atom. The molecule has 1 aliphatic rings. The Morgan fingerprint density at radius 3 is 2.62 bits per heavy atom. The Kier molecular flexibility index (Phi) is 4.62. The van der Waals surface area contributed by atoms with Crippen LogP contribution in [0.4, 0.5) is 4.79 Å². The third-order valence-corrected chi connectivity index (χ3v) is 5.17. The van der Waals surface area contributed by atoms with Gasteiger partial charge in [-0.1, -0.05) is 25.1 Å². The number of carbonyl (C=O) groups is 2. The molecule has 0 aliphatic carbocycles. The number of nitrogens with zero attached hydrogens (tertiary/aromatic N) is 2. The molecule has 2 aromatic rings. The summed E-state index contributed by atoms with van der Waals surface area (Å²) in [6, 6.07) is 11.9. The zero-order valence-electron chi connectivity index (χ0n) is 14.0. The van der Waals surface area contributed by atoms with E-state index in [-0.39, 0.29) is 17.2 Å². The molecule has 1 saturated heterocycles. The van der Waals surface area contributed by atoms with Crippen LogP contribution in [0.1, 0.15) is 31.5 Å². The molecule has 1 aliphatic heterocycles. The summed E-state index contributed by atoms with van der Waals surface area (Å²) in [4.78, 5) is 26.6. The number of amides is 2. The van der Waals surface area contributed by atoms with E-state index in [0.717, 1.165) is 35.1 Å². The lowest BCUT2D eigenvalue weighted by molar-refractivity contribution is -0.124. The Hall–Kier alpha value is -2.27.